The molecule has 2 N–H and O–H groups in total. The van der Waals surface area contributed by atoms with E-state index in [2.05, 4.69) is 50.7 Å². The fourth-order valence-electron chi connectivity index (χ4n) is 1.81. The van der Waals surface area contributed by atoms with E-state index in [9.17, 15) is 0 Å². The van der Waals surface area contributed by atoms with Crippen LogP contribution in [0.15, 0.2) is 46.9 Å². The van der Waals surface area contributed by atoms with Gasteiger partial charge in [-0.2, -0.15) is 0 Å². The third-order valence-corrected chi connectivity index (χ3v) is 4.59. The Morgan fingerprint density at radius 2 is 1.94 bits per heavy atom. The molecular weight excluding hydrogens is 424 g/mol. The number of hydrogen-bond donors (Lipinski definition) is 1. The van der Waals surface area contributed by atoms with Gasteiger partial charge >= 0.3 is 0 Å². The minimum atomic E-state index is -0.0308. The van der Waals surface area contributed by atoms with Crippen molar-refractivity contribution in [3.8, 4) is 0 Å². The highest BCUT2D eigenvalue weighted by molar-refractivity contribution is 14.1. The Labute approximate surface area is 134 Å². The van der Waals surface area contributed by atoms with Crippen LogP contribution in [0.4, 0.5) is 0 Å². The van der Waals surface area contributed by atoms with Gasteiger partial charge in [-0.25, -0.2) is 0 Å². The Kier molecular flexibility index (Phi) is 5.06. The van der Waals surface area contributed by atoms with Crippen molar-refractivity contribution in [2.24, 2.45) is 5.73 Å². The molecule has 0 spiro atoms. The van der Waals surface area contributed by atoms with Crippen LogP contribution in [0.2, 0.25) is 5.02 Å². The maximum Gasteiger partial charge on any atom is 0.0449 e. The van der Waals surface area contributed by atoms with Crippen molar-refractivity contribution >= 4 is 50.1 Å². The van der Waals surface area contributed by atoms with Crippen LogP contribution in [-0.2, 0) is 6.42 Å². The number of rotatable bonds is 3. The van der Waals surface area contributed by atoms with Gasteiger partial charge in [-0.3, -0.25) is 0 Å². The molecule has 0 amide bonds. The predicted octanol–water partition coefficient (Wildman–Crippen LogP) is 4.95. The highest BCUT2D eigenvalue weighted by Gasteiger charge is 2.12. The van der Waals surface area contributed by atoms with Crippen LogP contribution in [0.1, 0.15) is 17.2 Å². The summed E-state index contributed by atoms with van der Waals surface area (Å²) in [7, 11) is 0. The first-order chi connectivity index (χ1) is 8.58. The van der Waals surface area contributed by atoms with Gasteiger partial charge in [0.1, 0.15) is 0 Å². The molecule has 94 valence electrons. The maximum absolute atomic E-state index is 6.26. The first-order valence-electron chi connectivity index (χ1n) is 5.52. The van der Waals surface area contributed by atoms with Gasteiger partial charge < -0.3 is 5.73 Å². The molecule has 0 bridgehead atoms. The van der Waals surface area contributed by atoms with Crippen LogP contribution in [-0.4, -0.2) is 0 Å². The zero-order valence-electron chi connectivity index (χ0n) is 9.54. The van der Waals surface area contributed by atoms with Crippen molar-refractivity contribution in [1.82, 2.24) is 0 Å². The van der Waals surface area contributed by atoms with Crippen molar-refractivity contribution < 1.29 is 0 Å². The second-order valence-electron chi connectivity index (χ2n) is 4.07. The molecule has 0 fully saturated rings. The first kappa shape index (κ1) is 14.3. The summed E-state index contributed by atoms with van der Waals surface area (Å²) in [4.78, 5) is 0. The zero-order chi connectivity index (χ0) is 13.1. The maximum atomic E-state index is 6.26. The normalized spacial score (nSPS) is 12.4. The van der Waals surface area contributed by atoms with Gasteiger partial charge in [-0.1, -0.05) is 51.8 Å². The summed E-state index contributed by atoms with van der Waals surface area (Å²) in [6.07, 6.45) is 0.742. The molecule has 2 aromatic carbocycles. The fourth-order valence-corrected chi connectivity index (χ4v) is 3.35. The molecule has 0 saturated heterocycles. The largest absolute Gasteiger partial charge is 0.324 e. The lowest BCUT2D eigenvalue weighted by Crippen LogP contribution is -2.14. The molecule has 18 heavy (non-hydrogen) atoms. The van der Waals surface area contributed by atoms with Gasteiger partial charge in [0.2, 0.25) is 0 Å². The average Bonchev–Trinajstić information content (AvgIpc) is 2.33. The van der Waals surface area contributed by atoms with Crippen LogP contribution in [0.25, 0.3) is 0 Å². The molecule has 0 aliphatic heterocycles. The zero-order valence-corrected chi connectivity index (χ0v) is 14.0. The fraction of sp³-hybridized carbons (Fsp3) is 0.143. The topological polar surface area (TPSA) is 26.0 Å². The second-order valence-corrected chi connectivity index (χ2v) is 6.55. The van der Waals surface area contributed by atoms with E-state index in [0.29, 0.717) is 0 Å². The molecule has 0 heterocycles. The summed E-state index contributed by atoms with van der Waals surface area (Å²) < 4.78 is 2.18. The smallest absolute Gasteiger partial charge is 0.0449 e. The third kappa shape index (κ3) is 3.47. The number of nitrogens with two attached hydrogens (primary N) is 1. The van der Waals surface area contributed by atoms with E-state index < -0.39 is 0 Å². The van der Waals surface area contributed by atoms with E-state index in [-0.39, 0.29) is 6.04 Å². The summed E-state index contributed by atoms with van der Waals surface area (Å²) >= 11 is 11.9. The minimum Gasteiger partial charge on any atom is -0.324 e. The summed E-state index contributed by atoms with van der Waals surface area (Å²) in [5.41, 5.74) is 8.50. The molecule has 0 radical (unpaired) electrons. The highest BCUT2D eigenvalue weighted by Crippen LogP contribution is 2.27. The van der Waals surface area contributed by atoms with E-state index >= 15 is 0 Å². The molecule has 4 heteroatoms. The van der Waals surface area contributed by atoms with Crippen molar-refractivity contribution in [3.05, 3.63) is 66.7 Å². The Bertz CT molecular complexity index is 559. The molecule has 2 aromatic rings. The van der Waals surface area contributed by atoms with Gasteiger partial charge in [0.05, 0.1) is 0 Å². The Hall–Kier alpha value is -0.100. The highest BCUT2D eigenvalue weighted by atomic mass is 127. The van der Waals surface area contributed by atoms with Crippen molar-refractivity contribution in [2.75, 3.05) is 0 Å². The Morgan fingerprint density at radius 3 is 2.61 bits per heavy atom. The van der Waals surface area contributed by atoms with Gasteiger partial charge in [0, 0.05) is 19.1 Å². The summed E-state index contributed by atoms with van der Waals surface area (Å²) in [6.45, 7) is 0. The lowest BCUT2D eigenvalue weighted by atomic mass is 10.00. The van der Waals surface area contributed by atoms with Crippen molar-refractivity contribution in [1.29, 1.82) is 0 Å². The average molecular weight is 437 g/mol. The van der Waals surface area contributed by atoms with Gasteiger partial charge in [0.25, 0.3) is 0 Å². The number of benzene rings is 2. The van der Waals surface area contributed by atoms with E-state index in [1.54, 1.807) is 0 Å². The van der Waals surface area contributed by atoms with Gasteiger partial charge in [-0.15, -0.1) is 0 Å². The molecule has 0 aliphatic carbocycles. The Balaban J connectivity index is 2.21. The minimum absolute atomic E-state index is 0.0308. The second kappa shape index (κ2) is 6.37. The van der Waals surface area contributed by atoms with Crippen molar-refractivity contribution in [3.63, 3.8) is 0 Å². The molecule has 0 saturated carbocycles. The Morgan fingerprint density at radius 1 is 1.22 bits per heavy atom. The SMILES string of the molecule is NC(Cc1ccc(Br)cc1Cl)c1ccccc1I. The quantitative estimate of drug-likeness (QED) is 0.677. The summed E-state index contributed by atoms with van der Waals surface area (Å²) in [5.74, 6) is 0. The lowest BCUT2D eigenvalue weighted by Gasteiger charge is -2.15. The summed E-state index contributed by atoms with van der Waals surface area (Å²) in [6, 6.07) is 14.0. The van der Waals surface area contributed by atoms with E-state index in [1.807, 2.05) is 30.3 Å². The van der Waals surface area contributed by atoms with Crippen LogP contribution < -0.4 is 5.73 Å². The van der Waals surface area contributed by atoms with Crippen molar-refractivity contribution in [2.45, 2.75) is 12.5 Å². The van der Waals surface area contributed by atoms with E-state index in [1.165, 1.54) is 3.57 Å². The molecular formula is C14H12BrClIN. The lowest BCUT2D eigenvalue weighted by molar-refractivity contribution is 0.718. The third-order valence-electron chi connectivity index (χ3n) is 2.76. The van der Waals surface area contributed by atoms with Crippen LogP contribution in [0.3, 0.4) is 0 Å². The number of hydrogen-bond acceptors (Lipinski definition) is 1. The van der Waals surface area contributed by atoms with Gasteiger partial charge in [-0.05, 0) is 58.3 Å². The monoisotopic (exact) mass is 435 g/mol. The molecule has 0 aromatic heterocycles. The van der Waals surface area contributed by atoms with Crippen LogP contribution >= 0.6 is 50.1 Å². The van der Waals surface area contributed by atoms with Crippen LogP contribution in [0.5, 0.6) is 0 Å². The molecule has 2 rings (SSSR count). The summed E-state index contributed by atoms with van der Waals surface area (Å²) in [5, 5.41) is 0.755. The van der Waals surface area contributed by atoms with E-state index in [4.69, 9.17) is 17.3 Å². The van der Waals surface area contributed by atoms with E-state index in [0.717, 1.165) is 27.0 Å². The molecule has 1 nitrogen and oxygen atoms in total. The predicted molar refractivity (Wildman–Crippen MR) is 88.9 cm³/mol. The molecule has 1 unspecified atom stereocenters. The van der Waals surface area contributed by atoms with Gasteiger partial charge in [0.15, 0.2) is 0 Å². The number of halogens is 3. The standard InChI is InChI=1S/C14H12BrClIN/c15-10-6-5-9(12(16)8-10)7-14(18)11-3-1-2-4-13(11)17/h1-6,8,14H,7,18H2. The van der Waals surface area contributed by atoms with Crippen LogP contribution in [0, 0.1) is 3.57 Å². The first-order valence-corrected chi connectivity index (χ1v) is 7.77. The molecule has 0 aliphatic rings. The molecule has 1 atom stereocenters.